The summed E-state index contributed by atoms with van der Waals surface area (Å²) in [6.07, 6.45) is 4.85. The third kappa shape index (κ3) is 2.94. The molecule has 18 heavy (non-hydrogen) atoms. The van der Waals surface area contributed by atoms with Crippen molar-refractivity contribution in [3.63, 3.8) is 0 Å². The maximum Gasteiger partial charge on any atom is 0.254 e. The molecule has 0 heterocycles. The van der Waals surface area contributed by atoms with E-state index in [-0.39, 0.29) is 5.91 Å². The van der Waals surface area contributed by atoms with Crippen LogP contribution in [-0.4, -0.2) is 23.4 Å². The van der Waals surface area contributed by atoms with E-state index >= 15 is 0 Å². The zero-order chi connectivity index (χ0) is 13.0. The Balaban J connectivity index is 2.11. The molecule has 1 aliphatic rings. The van der Waals surface area contributed by atoms with Crippen molar-refractivity contribution in [3.8, 4) is 0 Å². The molecule has 2 nitrogen and oxygen atoms in total. The van der Waals surface area contributed by atoms with Gasteiger partial charge in [0.25, 0.3) is 5.91 Å². The van der Waals surface area contributed by atoms with Gasteiger partial charge in [0.1, 0.15) is 0 Å². The molecule has 0 N–H and O–H groups in total. The molecular formula is C15H20BrNO. The number of carbonyl (C=O) groups excluding carboxylic acids is 1. The average molecular weight is 310 g/mol. The molecule has 1 amide bonds. The molecule has 1 saturated carbocycles. The van der Waals surface area contributed by atoms with Crippen LogP contribution in [0.1, 0.15) is 48.5 Å². The maximum atomic E-state index is 12.5. The summed E-state index contributed by atoms with van der Waals surface area (Å²) in [7, 11) is 0. The Morgan fingerprint density at radius 2 is 1.89 bits per heavy atom. The summed E-state index contributed by atoms with van der Waals surface area (Å²) >= 11 is 3.42. The normalized spacial score (nSPS) is 15.9. The minimum Gasteiger partial charge on any atom is -0.336 e. The van der Waals surface area contributed by atoms with Gasteiger partial charge in [-0.1, -0.05) is 40.9 Å². The number of halogens is 1. The van der Waals surface area contributed by atoms with Gasteiger partial charge in [0.05, 0.1) is 0 Å². The Morgan fingerprint density at radius 3 is 2.39 bits per heavy atom. The van der Waals surface area contributed by atoms with Gasteiger partial charge >= 0.3 is 0 Å². The average Bonchev–Trinajstić information content (AvgIpc) is 2.93. The quantitative estimate of drug-likeness (QED) is 0.770. The van der Waals surface area contributed by atoms with Gasteiger partial charge in [-0.25, -0.2) is 0 Å². The number of carbonyl (C=O) groups is 1. The van der Waals surface area contributed by atoms with Crippen LogP contribution in [0, 0.1) is 0 Å². The number of hydrogen-bond acceptors (Lipinski definition) is 1. The molecule has 1 aromatic carbocycles. The molecule has 0 radical (unpaired) electrons. The van der Waals surface area contributed by atoms with E-state index in [4.69, 9.17) is 0 Å². The first-order valence-corrected chi connectivity index (χ1v) is 7.84. The van der Waals surface area contributed by atoms with E-state index in [2.05, 4.69) is 22.9 Å². The lowest BCUT2D eigenvalue weighted by Crippen LogP contribution is -2.38. The van der Waals surface area contributed by atoms with E-state index < -0.39 is 0 Å². The summed E-state index contributed by atoms with van der Waals surface area (Å²) in [6.45, 7) is 2.88. The number of nitrogens with zero attached hydrogens (tertiary/aromatic N) is 1. The highest BCUT2D eigenvalue weighted by molar-refractivity contribution is 9.08. The van der Waals surface area contributed by atoms with Gasteiger partial charge in [-0.2, -0.15) is 0 Å². The fraction of sp³-hybridized carbons (Fsp3) is 0.533. The van der Waals surface area contributed by atoms with Gasteiger partial charge in [-0.05, 0) is 37.5 Å². The van der Waals surface area contributed by atoms with Crippen molar-refractivity contribution in [2.24, 2.45) is 0 Å². The van der Waals surface area contributed by atoms with Crippen molar-refractivity contribution in [1.82, 2.24) is 4.90 Å². The molecule has 0 bridgehead atoms. The highest BCUT2D eigenvalue weighted by Gasteiger charge is 2.25. The lowest BCUT2D eigenvalue weighted by atomic mass is 10.1. The summed E-state index contributed by atoms with van der Waals surface area (Å²) in [4.78, 5) is 14.5. The molecule has 1 aliphatic carbocycles. The number of amides is 1. The second-order valence-corrected chi connectivity index (χ2v) is 5.42. The Labute approximate surface area is 117 Å². The van der Waals surface area contributed by atoms with Crippen molar-refractivity contribution >= 4 is 21.8 Å². The zero-order valence-corrected chi connectivity index (χ0v) is 12.4. The minimum atomic E-state index is 0.186. The monoisotopic (exact) mass is 309 g/mol. The van der Waals surface area contributed by atoms with Crippen LogP contribution in [0.15, 0.2) is 24.3 Å². The summed E-state index contributed by atoms with van der Waals surface area (Å²) in [5.41, 5.74) is 2.02. The van der Waals surface area contributed by atoms with Gasteiger partial charge in [0.15, 0.2) is 0 Å². The van der Waals surface area contributed by atoms with E-state index in [0.717, 1.165) is 17.4 Å². The molecule has 1 aromatic rings. The molecule has 0 atom stereocenters. The minimum absolute atomic E-state index is 0.186. The van der Waals surface area contributed by atoms with E-state index in [1.807, 2.05) is 29.2 Å². The summed E-state index contributed by atoms with van der Waals surface area (Å²) in [5.74, 6) is 0.186. The zero-order valence-electron chi connectivity index (χ0n) is 10.9. The van der Waals surface area contributed by atoms with Crippen molar-refractivity contribution in [2.75, 3.05) is 6.54 Å². The predicted molar refractivity (Wildman–Crippen MR) is 78.0 cm³/mol. The van der Waals surface area contributed by atoms with Gasteiger partial charge < -0.3 is 4.90 Å². The van der Waals surface area contributed by atoms with Crippen molar-refractivity contribution < 1.29 is 4.79 Å². The van der Waals surface area contributed by atoms with Crippen LogP contribution < -0.4 is 0 Å². The van der Waals surface area contributed by atoms with E-state index in [1.54, 1.807) is 0 Å². The topological polar surface area (TPSA) is 20.3 Å². The summed E-state index contributed by atoms with van der Waals surface area (Å²) < 4.78 is 0. The first-order valence-electron chi connectivity index (χ1n) is 6.72. The number of rotatable bonds is 4. The van der Waals surface area contributed by atoms with E-state index in [1.165, 1.54) is 31.2 Å². The van der Waals surface area contributed by atoms with Gasteiger partial charge in [-0.3, -0.25) is 4.79 Å². The van der Waals surface area contributed by atoms with E-state index in [9.17, 15) is 4.79 Å². The Morgan fingerprint density at radius 1 is 1.28 bits per heavy atom. The smallest absolute Gasteiger partial charge is 0.254 e. The highest BCUT2D eigenvalue weighted by atomic mass is 79.9. The largest absolute Gasteiger partial charge is 0.336 e. The highest BCUT2D eigenvalue weighted by Crippen LogP contribution is 2.24. The Kier molecular flexibility index (Phi) is 4.81. The van der Waals surface area contributed by atoms with Crippen LogP contribution in [0.4, 0.5) is 0 Å². The second kappa shape index (κ2) is 6.37. The third-order valence-electron chi connectivity index (χ3n) is 3.72. The van der Waals surface area contributed by atoms with Crippen molar-refractivity contribution in [2.45, 2.75) is 44.0 Å². The van der Waals surface area contributed by atoms with Gasteiger partial charge in [-0.15, -0.1) is 0 Å². The summed E-state index contributed by atoms with van der Waals surface area (Å²) in [6, 6.07) is 8.38. The SMILES string of the molecule is CCN(C(=O)c1ccc(CBr)cc1)C1CCCC1. The van der Waals surface area contributed by atoms with Crippen LogP contribution >= 0.6 is 15.9 Å². The van der Waals surface area contributed by atoms with Gasteiger partial charge in [0, 0.05) is 23.5 Å². The van der Waals surface area contributed by atoms with Crippen molar-refractivity contribution in [3.05, 3.63) is 35.4 Å². The molecule has 0 aliphatic heterocycles. The molecule has 2 rings (SSSR count). The van der Waals surface area contributed by atoms with Gasteiger partial charge in [0.2, 0.25) is 0 Å². The van der Waals surface area contributed by atoms with E-state index in [0.29, 0.717) is 6.04 Å². The lowest BCUT2D eigenvalue weighted by Gasteiger charge is -2.27. The summed E-state index contributed by atoms with van der Waals surface area (Å²) in [5, 5.41) is 0.835. The number of alkyl halides is 1. The third-order valence-corrected chi connectivity index (χ3v) is 4.37. The second-order valence-electron chi connectivity index (χ2n) is 4.86. The predicted octanol–water partition coefficient (Wildman–Crippen LogP) is 3.99. The molecule has 98 valence electrons. The molecular weight excluding hydrogens is 290 g/mol. The first-order chi connectivity index (χ1) is 8.76. The maximum absolute atomic E-state index is 12.5. The molecule has 0 spiro atoms. The van der Waals surface area contributed by atoms with Crippen molar-refractivity contribution in [1.29, 1.82) is 0 Å². The van der Waals surface area contributed by atoms with Crippen LogP contribution in [0.2, 0.25) is 0 Å². The van der Waals surface area contributed by atoms with Crippen LogP contribution in [0.3, 0.4) is 0 Å². The molecule has 0 saturated heterocycles. The van der Waals surface area contributed by atoms with Crippen LogP contribution in [0.25, 0.3) is 0 Å². The van der Waals surface area contributed by atoms with Crippen LogP contribution in [0.5, 0.6) is 0 Å². The number of benzene rings is 1. The fourth-order valence-electron chi connectivity index (χ4n) is 2.69. The molecule has 0 aromatic heterocycles. The molecule has 0 unspecified atom stereocenters. The Hall–Kier alpha value is -0.830. The van der Waals surface area contributed by atoms with Crippen LogP contribution in [-0.2, 0) is 5.33 Å². The standard InChI is InChI=1S/C15H20BrNO/c1-2-17(14-5-3-4-6-14)15(18)13-9-7-12(11-16)8-10-13/h7-10,14H,2-6,11H2,1H3. The fourth-order valence-corrected chi connectivity index (χ4v) is 3.06. The molecule has 1 fully saturated rings. The lowest BCUT2D eigenvalue weighted by molar-refractivity contribution is 0.0693. The first kappa shape index (κ1) is 13.6. The molecule has 3 heteroatoms. The Bertz CT molecular complexity index is 395. The number of hydrogen-bond donors (Lipinski definition) is 0.